The maximum atomic E-state index is 13.7. The molecule has 108 valence electrons. The standard InChI is InChI=1S/C15H13F2N3O/c1-2-9-8-18-20-14(21)7-12(19-15(9)20)5-10-3-4-11(16)6-13(10)17/h3-4,6-8,18H,2,5H2,1H3. The van der Waals surface area contributed by atoms with Crippen LogP contribution in [-0.2, 0) is 12.8 Å². The second kappa shape index (κ2) is 5.12. The van der Waals surface area contributed by atoms with Crippen molar-refractivity contribution in [3.63, 3.8) is 0 Å². The number of halogens is 2. The summed E-state index contributed by atoms with van der Waals surface area (Å²) >= 11 is 0. The molecule has 2 heterocycles. The molecule has 1 N–H and O–H groups in total. The lowest BCUT2D eigenvalue weighted by molar-refractivity contribution is 0.574. The van der Waals surface area contributed by atoms with Crippen LogP contribution in [0.5, 0.6) is 0 Å². The molecule has 0 aliphatic heterocycles. The van der Waals surface area contributed by atoms with Crippen molar-refractivity contribution in [2.45, 2.75) is 19.8 Å². The van der Waals surface area contributed by atoms with Crippen LogP contribution < -0.4 is 5.56 Å². The highest BCUT2D eigenvalue weighted by molar-refractivity contribution is 5.47. The third-order valence-electron chi connectivity index (χ3n) is 3.39. The number of nitrogens with zero attached hydrogens (tertiary/aromatic N) is 2. The lowest BCUT2D eigenvalue weighted by Crippen LogP contribution is -2.16. The van der Waals surface area contributed by atoms with Gasteiger partial charge in [0.05, 0.1) is 5.69 Å². The van der Waals surface area contributed by atoms with Crippen molar-refractivity contribution in [3.05, 3.63) is 69.3 Å². The van der Waals surface area contributed by atoms with Crippen LogP contribution in [0.15, 0.2) is 35.3 Å². The molecule has 4 nitrogen and oxygen atoms in total. The van der Waals surface area contributed by atoms with E-state index in [2.05, 4.69) is 10.1 Å². The molecule has 0 amide bonds. The molecule has 2 aromatic heterocycles. The quantitative estimate of drug-likeness (QED) is 0.805. The number of aromatic nitrogens is 3. The maximum absolute atomic E-state index is 13.7. The van der Waals surface area contributed by atoms with Crippen LogP contribution in [0, 0.1) is 11.6 Å². The Hall–Kier alpha value is -2.50. The Bertz CT molecular complexity index is 867. The Morgan fingerprint density at radius 2 is 2.05 bits per heavy atom. The number of rotatable bonds is 3. The third kappa shape index (κ3) is 2.44. The molecule has 0 atom stereocenters. The first-order chi connectivity index (χ1) is 10.1. The van der Waals surface area contributed by atoms with Crippen molar-refractivity contribution < 1.29 is 8.78 Å². The minimum absolute atomic E-state index is 0.145. The van der Waals surface area contributed by atoms with Gasteiger partial charge in [-0.05, 0) is 18.1 Å². The molecule has 1 aromatic carbocycles. The summed E-state index contributed by atoms with van der Waals surface area (Å²) in [4.78, 5) is 16.4. The molecule has 6 heteroatoms. The Balaban J connectivity index is 2.06. The SMILES string of the molecule is CCc1c[nH]n2c(=O)cc(Cc3ccc(F)cc3F)nc12. The summed E-state index contributed by atoms with van der Waals surface area (Å²) in [6, 6.07) is 4.74. The first-order valence-electron chi connectivity index (χ1n) is 6.61. The number of benzene rings is 1. The van der Waals surface area contributed by atoms with Gasteiger partial charge in [-0.2, -0.15) is 0 Å². The topological polar surface area (TPSA) is 50.2 Å². The highest BCUT2D eigenvalue weighted by Crippen LogP contribution is 2.14. The number of aryl methyl sites for hydroxylation is 1. The molecule has 0 saturated carbocycles. The molecule has 0 fully saturated rings. The zero-order chi connectivity index (χ0) is 15.0. The van der Waals surface area contributed by atoms with Crippen molar-refractivity contribution in [1.82, 2.24) is 14.6 Å². The van der Waals surface area contributed by atoms with E-state index in [0.717, 1.165) is 18.1 Å². The van der Waals surface area contributed by atoms with E-state index in [1.54, 1.807) is 6.20 Å². The Kier molecular flexibility index (Phi) is 3.29. The zero-order valence-corrected chi connectivity index (χ0v) is 11.4. The van der Waals surface area contributed by atoms with E-state index < -0.39 is 11.6 Å². The Labute approximate surface area is 119 Å². The fourth-order valence-corrected chi connectivity index (χ4v) is 2.29. The van der Waals surface area contributed by atoms with Gasteiger partial charge in [0.2, 0.25) is 0 Å². The molecule has 0 saturated heterocycles. The van der Waals surface area contributed by atoms with E-state index in [0.29, 0.717) is 16.9 Å². The van der Waals surface area contributed by atoms with Crippen LogP contribution in [0.4, 0.5) is 8.78 Å². The average molecular weight is 289 g/mol. The minimum Gasteiger partial charge on any atom is -0.297 e. The second-order valence-corrected chi connectivity index (χ2v) is 4.81. The van der Waals surface area contributed by atoms with Crippen molar-refractivity contribution in [3.8, 4) is 0 Å². The first kappa shape index (κ1) is 13.5. The number of nitrogens with one attached hydrogen (secondary N) is 1. The van der Waals surface area contributed by atoms with E-state index >= 15 is 0 Å². The van der Waals surface area contributed by atoms with Gasteiger partial charge in [-0.1, -0.05) is 13.0 Å². The van der Waals surface area contributed by atoms with Gasteiger partial charge < -0.3 is 0 Å². The zero-order valence-electron chi connectivity index (χ0n) is 11.4. The summed E-state index contributed by atoms with van der Waals surface area (Å²) in [6.45, 7) is 1.96. The van der Waals surface area contributed by atoms with E-state index in [4.69, 9.17) is 0 Å². The fraction of sp³-hybridized carbons (Fsp3) is 0.200. The molecular weight excluding hydrogens is 276 g/mol. The molecule has 3 aromatic rings. The number of fused-ring (bicyclic) bond motifs is 1. The highest BCUT2D eigenvalue weighted by atomic mass is 19.1. The summed E-state index contributed by atoms with van der Waals surface area (Å²) in [7, 11) is 0. The maximum Gasteiger partial charge on any atom is 0.272 e. The van der Waals surface area contributed by atoms with Gasteiger partial charge in [0, 0.05) is 30.3 Å². The minimum atomic E-state index is -0.637. The van der Waals surface area contributed by atoms with Crippen molar-refractivity contribution >= 4 is 5.65 Å². The normalized spacial score (nSPS) is 11.2. The molecule has 0 aliphatic rings. The van der Waals surface area contributed by atoms with Gasteiger partial charge in [-0.3, -0.25) is 9.89 Å². The largest absolute Gasteiger partial charge is 0.297 e. The summed E-state index contributed by atoms with van der Waals surface area (Å²) in [5, 5.41) is 2.84. The van der Waals surface area contributed by atoms with Gasteiger partial charge in [0.1, 0.15) is 11.6 Å². The van der Waals surface area contributed by atoms with Gasteiger partial charge in [-0.25, -0.2) is 18.3 Å². The van der Waals surface area contributed by atoms with Gasteiger partial charge in [0.25, 0.3) is 5.56 Å². The molecule has 0 bridgehead atoms. The van der Waals surface area contributed by atoms with Crippen LogP contribution in [0.2, 0.25) is 0 Å². The van der Waals surface area contributed by atoms with E-state index in [9.17, 15) is 13.6 Å². The molecule has 0 spiro atoms. The average Bonchev–Trinajstić information content (AvgIpc) is 2.85. The lowest BCUT2D eigenvalue weighted by Gasteiger charge is -2.04. The summed E-state index contributed by atoms with van der Waals surface area (Å²) < 4.78 is 27.9. The van der Waals surface area contributed by atoms with Crippen LogP contribution in [0.1, 0.15) is 23.7 Å². The predicted molar refractivity (Wildman–Crippen MR) is 74.4 cm³/mol. The number of aromatic amines is 1. The Morgan fingerprint density at radius 1 is 1.24 bits per heavy atom. The van der Waals surface area contributed by atoms with E-state index in [-0.39, 0.29) is 12.0 Å². The summed E-state index contributed by atoms with van der Waals surface area (Å²) in [6.07, 6.45) is 2.60. The Morgan fingerprint density at radius 3 is 2.76 bits per heavy atom. The van der Waals surface area contributed by atoms with Crippen LogP contribution in [-0.4, -0.2) is 14.6 Å². The van der Waals surface area contributed by atoms with Crippen LogP contribution in [0.3, 0.4) is 0 Å². The van der Waals surface area contributed by atoms with Crippen molar-refractivity contribution in [1.29, 1.82) is 0 Å². The fourth-order valence-electron chi connectivity index (χ4n) is 2.29. The molecule has 21 heavy (non-hydrogen) atoms. The number of hydrogen-bond acceptors (Lipinski definition) is 2. The van der Waals surface area contributed by atoms with Crippen LogP contribution >= 0.6 is 0 Å². The summed E-state index contributed by atoms with van der Waals surface area (Å²) in [5.74, 6) is -1.26. The molecule has 0 aliphatic carbocycles. The van der Waals surface area contributed by atoms with Gasteiger partial charge in [0.15, 0.2) is 5.65 Å². The van der Waals surface area contributed by atoms with Gasteiger partial charge in [-0.15, -0.1) is 0 Å². The monoisotopic (exact) mass is 289 g/mol. The third-order valence-corrected chi connectivity index (χ3v) is 3.39. The summed E-state index contributed by atoms with van der Waals surface area (Å²) in [5.41, 5.74) is 1.97. The number of H-pyrrole nitrogens is 1. The molecule has 0 radical (unpaired) electrons. The van der Waals surface area contributed by atoms with E-state index in [1.165, 1.54) is 22.7 Å². The molecular formula is C15H13F2N3O. The van der Waals surface area contributed by atoms with Crippen molar-refractivity contribution in [2.24, 2.45) is 0 Å². The van der Waals surface area contributed by atoms with Gasteiger partial charge >= 0.3 is 0 Å². The second-order valence-electron chi connectivity index (χ2n) is 4.81. The van der Waals surface area contributed by atoms with Crippen molar-refractivity contribution in [2.75, 3.05) is 0 Å². The predicted octanol–water partition coefficient (Wildman–Crippen LogP) is 2.45. The molecule has 0 unspecified atom stereocenters. The smallest absolute Gasteiger partial charge is 0.272 e. The lowest BCUT2D eigenvalue weighted by atomic mass is 10.1. The number of hydrogen-bond donors (Lipinski definition) is 1. The van der Waals surface area contributed by atoms with Crippen LogP contribution in [0.25, 0.3) is 5.65 Å². The highest BCUT2D eigenvalue weighted by Gasteiger charge is 2.10. The molecule has 3 rings (SSSR count). The first-order valence-corrected chi connectivity index (χ1v) is 6.61. The van der Waals surface area contributed by atoms with E-state index in [1.807, 2.05) is 6.92 Å².